The summed E-state index contributed by atoms with van der Waals surface area (Å²) in [5.74, 6) is 0. The van der Waals surface area contributed by atoms with Gasteiger partial charge in [0.15, 0.2) is 0 Å². The first-order valence-electron chi connectivity index (χ1n) is 4.27. The van der Waals surface area contributed by atoms with Crippen LogP contribution in [0, 0.1) is 0 Å². The SMILES string of the molecule is CS(=O)C(F)(F)CCc1ccccc1. The monoisotopic (exact) mass is 218 g/mol. The highest BCUT2D eigenvalue weighted by Gasteiger charge is 2.33. The summed E-state index contributed by atoms with van der Waals surface area (Å²) in [5.41, 5.74) is 0.845. The van der Waals surface area contributed by atoms with Crippen LogP contribution < -0.4 is 0 Å². The van der Waals surface area contributed by atoms with Gasteiger partial charge in [0.05, 0.1) is 10.8 Å². The molecule has 0 spiro atoms. The summed E-state index contributed by atoms with van der Waals surface area (Å²) in [6.07, 6.45) is 0.929. The maximum absolute atomic E-state index is 12.9. The van der Waals surface area contributed by atoms with Gasteiger partial charge in [-0.1, -0.05) is 30.3 Å². The summed E-state index contributed by atoms with van der Waals surface area (Å²) in [4.78, 5) is 0. The highest BCUT2D eigenvalue weighted by Crippen LogP contribution is 2.23. The first-order chi connectivity index (χ1) is 6.52. The van der Waals surface area contributed by atoms with Crippen LogP contribution >= 0.6 is 0 Å². The first kappa shape index (κ1) is 11.3. The number of aryl methyl sites for hydroxylation is 1. The Bertz CT molecular complexity index is 311. The van der Waals surface area contributed by atoms with Gasteiger partial charge in [0.25, 0.3) is 0 Å². The minimum absolute atomic E-state index is 0.257. The third-order valence-corrected chi connectivity index (χ3v) is 3.01. The Morgan fingerprint density at radius 1 is 1.29 bits per heavy atom. The number of halogens is 2. The molecule has 1 aromatic rings. The standard InChI is InChI=1S/C10H12F2OS/c1-14(13)10(11,12)8-7-9-5-3-2-4-6-9/h2-6H,7-8H2,1H3. The van der Waals surface area contributed by atoms with E-state index >= 15 is 0 Å². The number of alkyl halides is 2. The molecule has 0 heterocycles. The van der Waals surface area contributed by atoms with E-state index in [0.29, 0.717) is 0 Å². The van der Waals surface area contributed by atoms with E-state index in [9.17, 15) is 13.0 Å². The molecular formula is C10H12F2OS. The van der Waals surface area contributed by atoms with Crippen LogP contribution in [0.5, 0.6) is 0 Å². The Balaban J connectivity index is 2.53. The zero-order valence-corrected chi connectivity index (χ0v) is 8.69. The van der Waals surface area contributed by atoms with Crippen molar-refractivity contribution in [2.24, 2.45) is 0 Å². The average Bonchev–Trinajstić information content (AvgIpc) is 2.16. The van der Waals surface area contributed by atoms with Crippen molar-refractivity contribution in [3.63, 3.8) is 0 Å². The lowest BCUT2D eigenvalue weighted by Gasteiger charge is -2.12. The van der Waals surface area contributed by atoms with Gasteiger partial charge in [-0.15, -0.1) is 0 Å². The molecule has 1 rings (SSSR count). The third-order valence-electron chi connectivity index (χ3n) is 1.97. The average molecular weight is 218 g/mol. The topological polar surface area (TPSA) is 17.1 Å². The molecule has 0 N–H and O–H groups in total. The van der Waals surface area contributed by atoms with E-state index in [1.54, 1.807) is 24.3 Å². The van der Waals surface area contributed by atoms with Gasteiger partial charge >= 0.3 is 5.25 Å². The zero-order valence-electron chi connectivity index (χ0n) is 7.87. The quantitative estimate of drug-likeness (QED) is 0.759. The molecule has 1 atom stereocenters. The first-order valence-corrected chi connectivity index (χ1v) is 5.83. The number of hydrogen-bond acceptors (Lipinski definition) is 1. The molecule has 1 aromatic carbocycles. The minimum atomic E-state index is -3.07. The molecule has 0 bridgehead atoms. The lowest BCUT2D eigenvalue weighted by Crippen LogP contribution is -2.22. The van der Waals surface area contributed by atoms with E-state index in [1.165, 1.54) is 0 Å². The van der Waals surface area contributed by atoms with E-state index in [-0.39, 0.29) is 12.8 Å². The van der Waals surface area contributed by atoms with E-state index in [2.05, 4.69) is 0 Å². The van der Waals surface area contributed by atoms with E-state index in [1.807, 2.05) is 6.07 Å². The number of rotatable bonds is 4. The summed E-state index contributed by atoms with van der Waals surface area (Å²) in [6, 6.07) is 9.01. The van der Waals surface area contributed by atoms with Crippen LogP contribution in [0.15, 0.2) is 30.3 Å². The summed E-state index contributed by atoms with van der Waals surface area (Å²) >= 11 is 0. The molecule has 0 aliphatic heterocycles. The van der Waals surface area contributed by atoms with E-state index in [4.69, 9.17) is 0 Å². The normalized spacial score (nSPS) is 13.9. The summed E-state index contributed by atoms with van der Waals surface area (Å²) in [7, 11) is -2.08. The van der Waals surface area contributed by atoms with E-state index in [0.717, 1.165) is 11.8 Å². The Hall–Kier alpha value is -0.770. The summed E-state index contributed by atoms with van der Waals surface area (Å²) in [5, 5.41) is -3.07. The van der Waals surface area contributed by atoms with Crippen molar-refractivity contribution in [1.29, 1.82) is 0 Å². The maximum atomic E-state index is 12.9. The molecular weight excluding hydrogens is 206 g/mol. The predicted octanol–water partition coefficient (Wildman–Crippen LogP) is 2.59. The highest BCUT2D eigenvalue weighted by atomic mass is 32.2. The van der Waals surface area contributed by atoms with Gasteiger partial charge in [-0.3, -0.25) is 4.21 Å². The Kier molecular flexibility index (Phi) is 3.75. The second kappa shape index (κ2) is 4.64. The maximum Gasteiger partial charge on any atom is 0.321 e. The smallest absolute Gasteiger partial charge is 0.254 e. The van der Waals surface area contributed by atoms with Gasteiger partial charge in [-0.2, -0.15) is 8.78 Å². The fourth-order valence-corrected chi connectivity index (χ4v) is 1.47. The van der Waals surface area contributed by atoms with Crippen molar-refractivity contribution in [3.05, 3.63) is 35.9 Å². The van der Waals surface area contributed by atoms with Crippen LogP contribution in [0.3, 0.4) is 0 Å². The van der Waals surface area contributed by atoms with Crippen molar-refractivity contribution < 1.29 is 13.0 Å². The molecule has 0 aromatic heterocycles. The van der Waals surface area contributed by atoms with Crippen molar-refractivity contribution in [3.8, 4) is 0 Å². The number of benzene rings is 1. The van der Waals surface area contributed by atoms with Crippen LogP contribution in [-0.2, 0) is 17.2 Å². The third kappa shape index (κ3) is 3.18. The van der Waals surface area contributed by atoms with Crippen LogP contribution in [0.4, 0.5) is 8.78 Å². The van der Waals surface area contributed by atoms with Gasteiger partial charge in [0.2, 0.25) is 0 Å². The lowest BCUT2D eigenvalue weighted by molar-refractivity contribution is 0.0899. The van der Waals surface area contributed by atoms with Crippen molar-refractivity contribution in [2.75, 3.05) is 6.26 Å². The fraction of sp³-hybridized carbons (Fsp3) is 0.400. The largest absolute Gasteiger partial charge is 0.321 e. The van der Waals surface area contributed by atoms with Gasteiger partial charge in [-0.25, -0.2) is 0 Å². The van der Waals surface area contributed by atoms with Crippen LogP contribution in [0.25, 0.3) is 0 Å². The molecule has 0 fully saturated rings. The van der Waals surface area contributed by atoms with Crippen LogP contribution in [0.2, 0.25) is 0 Å². The molecule has 0 radical (unpaired) electrons. The second-order valence-electron chi connectivity index (χ2n) is 3.08. The minimum Gasteiger partial charge on any atom is -0.254 e. The van der Waals surface area contributed by atoms with Crippen LogP contribution in [0.1, 0.15) is 12.0 Å². The highest BCUT2D eigenvalue weighted by molar-refractivity contribution is 7.85. The van der Waals surface area contributed by atoms with Crippen molar-refractivity contribution in [1.82, 2.24) is 0 Å². The zero-order chi connectivity index (χ0) is 10.6. The second-order valence-corrected chi connectivity index (χ2v) is 4.58. The van der Waals surface area contributed by atoms with Crippen molar-refractivity contribution in [2.45, 2.75) is 18.1 Å². The fourth-order valence-electron chi connectivity index (χ4n) is 1.08. The van der Waals surface area contributed by atoms with Gasteiger partial charge in [0.1, 0.15) is 0 Å². The summed E-state index contributed by atoms with van der Waals surface area (Å²) in [6.45, 7) is 0. The Morgan fingerprint density at radius 3 is 2.36 bits per heavy atom. The van der Waals surface area contributed by atoms with Crippen molar-refractivity contribution >= 4 is 10.8 Å². The lowest BCUT2D eigenvalue weighted by atomic mass is 10.1. The molecule has 0 saturated heterocycles. The molecule has 4 heteroatoms. The Labute approximate surface area is 84.6 Å². The molecule has 14 heavy (non-hydrogen) atoms. The van der Waals surface area contributed by atoms with E-state index < -0.39 is 16.1 Å². The van der Waals surface area contributed by atoms with Crippen LogP contribution in [-0.4, -0.2) is 15.7 Å². The molecule has 78 valence electrons. The Morgan fingerprint density at radius 2 is 1.86 bits per heavy atom. The summed E-state index contributed by atoms with van der Waals surface area (Å²) < 4.78 is 36.5. The molecule has 1 unspecified atom stereocenters. The molecule has 0 aliphatic carbocycles. The number of hydrogen-bond donors (Lipinski definition) is 0. The molecule has 0 aliphatic rings. The molecule has 1 nitrogen and oxygen atoms in total. The molecule has 0 saturated carbocycles. The predicted molar refractivity (Wildman–Crippen MR) is 53.8 cm³/mol. The van der Waals surface area contributed by atoms with Gasteiger partial charge < -0.3 is 0 Å². The van der Waals surface area contributed by atoms with Gasteiger partial charge in [-0.05, 0) is 12.0 Å². The van der Waals surface area contributed by atoms with Gasteiger partial charge in [0, 0.05) is 12.7 Å². The molecule has 0 amide bonds.